The van der Waals surface area contributed by atoms with Crippen molar-refractivity contribution < 1.29 is 14.4 Å². The van der Waals surface area contributed by atoms with Gasteiger partial charge in [-0.1, -0.05) is 18.2 Å². The molecule has 2 saturated heterocycles. The van der Waals surface area contributed by atoms with Gasteiger partial charge in [0.15, 0.2) is 0 Å². The lowest BCUT2D eigenvalue weighted by Crippen LogP contribution is -2.52. The van der Waals surface area contributed by atoms with Gasteiger partial charge < -0.3 is 10.6 Å². The zero-order chi connectivity index (χ0) is 19.5. The molecule has 0 spiro atoms. The Morgan fingerprint density at radius 1 is 1.21 bits per heavy atom. The fourth-order valence-electron chi connectivity index (χ4n) is 5.59. The monoisotopic (exact) mass is 382 g/mol. The minimum Gasteiger partial charge on any atom is -0.330 e. The number of rotatable bonds is 4. The summed E-state index contributed by atoms with van der Waals surface area (Å²) >= 11 is 0. The van der Waals surface area contributed by atoms with Crippen molar-refractivity contribution in [3.05, 3.63) is 34.9 Å². The summed E-state index contributed by atoms with van der Waals surface area (Å²) in [5.41, 5.74) is 9.08. The van der Waals surface area contributed by atoms with E-state index in [-0.39, 0.29) is 29.6 Å². The summed E-state index contributed by atoms with van der Waals surface area (Å²) in [6, 6.07) is 5.44. The summed E-state index contributed by atoms with van der Waals surface area (Å²) in [6.07, 6.45) is 3.13. The highest BCUT2D eigenvalue weighted by Crippen LogP contribution is 2.51. The van der Waals surface area contributed by atoms with Crippen LogP contribution in [0.3, 0.4) is 0 Å². The molecule has 1 aromatic rings. The van der Waals surface area contributed by atoms with Gasteiger partial charge in [0.1, 0.15) is 6.04 Å². The molecule has 5 rings (SSSR count). The summed E-state index contributed by atoms with van der Waals surface area (Å²) in [6.45, 7) is 3.97. The molecule has 7 heteroatoms. The number of amides is 3. The maximum atomic E-state index is 13.2. The van der Waals surface area contributed by atoms with Crippen LogP contribution in [0.4, 0.5) is 0 Å². The highest BCUT2D eigenvalue weighted by molar-refractivity contribution is 6.05. The van der Waals surface area contributed by atoms with Gasteiger partial charge in [-0.3, -0.25) is 24.6 Å². The molecule has 3 atom stereocenters. The van der Waals surface area contributed by atoms with Gasteiger partial charge in [0.2, 0.25) is 11.8 Å². The van der Waals surface area contributed by atoms with E-state index in [0.717, 1.165) is 42.9 Å². The van der Waals surface area contributed by atoms with Crippen LogP contribution in [-0.4, -0.2) is 53.2 Å². The molecule has 3 N–H and O–H groups in total. The van der Waals surface area contributed by atoms with Crippen LogP contribution in [0.1, 0.15) is 47.2 Å². The van der Waals surface area contributed by atoms with Gasteiger partial charge in [0, 0.05) is 38.2 Å². The van der Waals surface area contributed by atoms with Gasteiger partial charge in [-0.05, 0) is 48.3 Å². The molecule has 1 saturated carbocycles. The number of nitrogens with two attached hydrogens (primary N) is 1. The van der Waals surface area contributed by atoms with Gasteiger partial charge in [0.05, 0.1) is 0 Å². The van der Waals surface area contributed by atoms with E-state index >= 15 is 0 Å². The van der Waals surface area contributed by atoms with Gasteiger partial charge in [0.25, 0.3) is 5.91 Å². The first-order valence-corrected chi connectivity index (χ1v) is 10.2. The molecule has 1 aliphatic carbocycles. The lowest BCUT2D eigenvalue weighted by atomic mass is 9.62. The molecule has 148 valence electrons. The normalized spacial score (nSPS) is 32.2. The average molecular weight is 382 g/mol. The minimum atomic E-state index is -0.561. The van der Waals surface area contributed by atoms with Gasteiger partial charge in [-0.15, -0.1) is 0 Å². The quantitative estimate of drug-likeness (QED) is 0.745. The number of nitrogens with zero attached hydrogens (tertiary/aromatic N) is 2. The third kappa shape index (κ3) is 2.60. The number of imide groups is 1. The van der Waals surface area contributed by atoms with E-state index in [1.165, 1.54) is 12.8 Å². The Morgan fingerprint density at radius 3 is 2.75 bits per heavy atom. The Bertz CT molecular complexity index is 865. The zero-order valence-electron chi connectivity index (χ0n) is 15.9. The van der Waals surface area contributed by atoms with Crippen molar-refractivity contribution in [2.75, 3.05) is 19.6 Å². The van der Waals surface area contributed by atoms with E-state index in [9.17, 15) is 14.4 Å². The third-order valence-corrected chi connectivity index (χ3v) is 7.31. The number of carbonyl (C=O) groups is 3. The minimum absolute atomic E-state index is 0.0872. The van der Waals surface area contributed by atoms with Crippen molar-refractivity contribution in [3.63, 3.8) is 0 Å². The largest absolute Gasteiger partial charge is 0.330 e. The molecule has 0 radical (unpaired) electrons. The number of likely N-dealkylation sites (tertiary alicyclic amines) is 1. The van der Waals surface area contributed by atoms with Crippen molar-refractivity contribution in [1.29, 1.82) is 0 Å². The first-order chi connectivity index (χ1) is 13.5. The van der Waals surface area contributed by atoms with E-state index in [4.69, 9.17) is 5.73 Å². The van der Waals surface area contributed by atoms with Crippen molar-refractivity contribution in [1.82, 2.24) is 15.1 Å². The molecule has 7 nitrogen and oxygen atoms in total. The fraction of sp³-hybridized carbons (Fsp3) is 0.571. The highest BCUT2D eigenvalue weighted by Gasteiger charge is 2.51. The zero-order valence-corrected chi connectivity index (χ0v) is 15.9. The van der Waals surface area contributed by atoms with Crippen LogP contribution in [0.5, 0.6) is 0 Å². The van der Waals surface area contributed by atoms with Crippen LogP contribution in [-0.2, 0) is 22.7 Å². The summed E-state index contributed by atoms with van der Waals surface area (Å²) in [5.74, 6) is -0.0238. The number of piperidine rings is 1. The van der Waals surface area contributed by atoms with E-state index in [2.05, 4.69) is 10.2 Å². The molecule has 4 aliphatic rings. The Hall–Kier alpha value is -2.25. The first kappa shape index (κ1) is 17.8. The highest BCUT2D eigenvalue weighted by atomic mass is 16.2. The second kappa shape index (κ2) is 6.39. The average Bonchev–Trinajstić information content (AvgIpc) is 3.11. The number of fused-ring (bicyclic) bond motifs is 2. The van der Waals surface area contributed by atoms with Crippen LogP contribution >= 0.6 is 0 Å². The van der Waals surface area contributed by atoms with Crippen LogP contribution < -0.4 is 11.1 Å². The molecule has 3 fully saturated rings. The smallest absolute Gasteiger partial charge is 0.255 e. The number of carbonyl (C=O) groups excluding carboxylic acids is 3. The first-order valence-electron chi connectivity index (χ1n) is 10.2. The Kier molecular flexibility index (Phi) is 4.07. The number of hydrogen-bond acceptors (Lipinski definition) is 5. The van der Waals surface area contributed by atoms with Crippen molar-refractivity contribution >= 4 is 17.7 Å². The Morgan fingerprint density at radius 2 is 2.07 bits per heavy atom. The van der Waals surface area contributed by atoms with Crippen molar-refractivity contribution in [2.24, 2.45) is 17.1 Å². The molecule has 0 bridgehead atoms. The molecular weight excluding hydrogens is 356 g/mol. The molecule has 1 aromatic carbocycles. The second-order valence-corrected chi connectivity index (χ2v) is 8.82. The predicted octanol–water partition coefficient (Wildman–Crippen LogP) is 0.618. The van der Waals surface area contributed by atoms with Gasteiger partial charge >= 0.3 is 0 Å². The van der Waals surface area contributed by atoms with E-state index in [1.54, 1.807) is 4.90 Å². The van der Waals surface area contributed by atoms with E-state index < -0.39 is 6.04 Å². The molecule has 3 amide bonds. The van der Waals surface area contributed by atoms with E-state index in [1.807, 2.05) is 18.2 Å². The molecule has 3 heterocycles. The third-order valence-electron chi connectivity index (χ3n) is 7.31. The fourth-order valence-corrected chi connectivity index (χ4v) is 5.59. The molecule has 1 unspecified atom stereocenters. The van der Waals surface area contributed by atoms with Crippen molar-refractivity contribution in [2.45, 2.75) is 44.8 Å². The van der Waals surface area contributed by atoms with Crippen LogP contribution in [0.2, 0.25) is 0 Å². The molecule has 0 aromatic heterocycles. The summed E-state index contributed by atoms with van der Waals surface area (Å²) < 4.78 is 0. The van der Waals surface area contributed by atoms with Crippen LogP contribution in [0.25, 0.3) is 0 Å². The maximum Gasteiger partial charge on any atom is 0.255 e. The standard InChI is InChI=1S/C21H26N4O3/c22-11-21-7-6-15(21)10-24(12-21)8-13-2-1-3-14-9-25(20(28)18(13)14)16-4-5-17(26)23-19(16)27/h1-3,15-16H,4-12,22H2,(H,23,26,27)/t15-,16?,21-/m0/s1. The van der Waals surface area contributed by atoms with Crippen LogP contribution in [0.15, 0.2) is 18.2 Å². The lowest BCUT2D eigenvalue weighted by Gasteiger charge is -2.43. The molecule has 28 heavy (non-hydrogen) atoms. The number of benzene rings is 1. The number of hydrogen-bond donors (Lipinski definition) is 2. The van der Waals surface area contributed by atoms with Crippen LogP contribution in [0, 0.1) is 11.3 Å². The predicted molar refractivity (Wildman–Crippen MR) is 102 cm³/mol. The lowest BCUT2D eigenvalue weighted by molar-refractivity contribution is -0.136. The van der Waals surface area contributed by atoms with Gasteiger partial charge in [-0.2, -0.15) is 0 Å². The summed E-state index contributed by atoms with van der Waals surface area (Å²) in [4.78, 5) is 41.0. The summed E-state index contributed by atoms with van der Waals surface area (Å²) in [5, 5.41) is 2.36. The van der Waals surface area contributed by atoms with Gasteiger partial charge in [-0.25, -0.2) is 0 Å². The Balaban J connectivity index is 1.36. The molecule has 3 aliphatic heterocycles. The Labute approximate surface area is 164 Å². The number of nitrogens with one attached hydrogen (secondary N) is 1. The van der Waals surface area contributed by atoms with E-state index in [0.29, 0.717) is 18.9 Å². The maximum absolute atomic E-state index is 13.2. The second-order valence-electron chi connectivity index (χ2n) is 8.82. The topological polar surface area (TPSA) is 95.7 Å². The molecular formula is C21H26N4O3. The van der Waals surface area contributed by atoms with Crippen molar-refractivity contribution in [3.8, 4) is 0 Å². The SMILES string of the molecule is NC[C@]12CC[C@H]1CN(Cc1cccc3c1C(=O)N(C1CCC(=O)NC1=O)C3)C2. The summed E-state index contributed by atoms with van der Waals surface area (Å²) in [7, 11) is 0.